The number of nitrogens with one attached hydrogen (secondary N) is 2. The molecule has 0 saturated heterocycles. The van der Waals surface area contributed by atoms with E-state index in [0.717, 1.165) is 12.2 Å². The van der Waals surface area contributed by atoms with E-state index in [2.05, 4.69) is 20.0 Å². The van der Waals surface area contributed by atoms with Gasteiger partial charge in [-0.3, -0.25) is 4.79 Å². The molecule has 1 aromatic rings. The van der Waals surface area contributed by atoms with Gasteiger partial charge in [-0.25, -0.2) is 4.98 Å². The normalized spacial score (nSPS) is 12.2. The summed E-state index contributed by atoms with van der Waals surface area (Å²) in [6.45, 7) is 3.78. The van der Waals surface area contributed by atoms with Crippen molar-refractivity contribution in [3.05, 3.63) is 5.82 Å². The third kappa shape index (κ3) is 2.66. The molecule has 1 aromatic heterocycles. The maximum atomic E-state index is 11.2. The number of aryl methyl sites for hydroxylation is 1. The average Bonchev–Trinajstić information content (AvgIpc) is 2.64. The Labute approximate surface area is 87.1 Å². The topological polar surface area (TPSA) is 66.9 Å². The Hall–Kier alpha value is -1.17. The Morgan fingerprint density at radius 3 is 2.86 bits per heavy atom. The van der Waals surface area contributed by atoms with E-state index in [1.807, 2.05) is 6.92 Å². The van der Waals surface area contributed by atoms with Crippen LogP contribution in [0, 0.1) is 0 Å². The van der Waals surface area contributed by atoms with Gasteiger partial charge in [0.05, 0.1) is 0 Å². The van der Waals surface area contributed by atoms with Crippen molar-refractivity contribution in [2.45, 2.75) is 26.3 Å². The Morgan fingerprint density at radius 1 is 1.64 bits per heavy atom. The summed E-state index contributed by atoms with van der Waals surface area (Å²) in [6, 6.07) is -0.280. The first-order chi connectivity index (χ1) is 6.67. The summed E-state index contributed by atoms with van der Waals surface area (Å²) in [6.07, 6.45) is 0.812. The second kappa shape index (κ2) is 4.90. The highest BCUT2D eigenvalue weighted by atomic mass is 32.1. The summed E-state index contributed by atoms with van der Waals surface area (Å²) in [7, 11) is 1.61. The molecule has 0 bridgehead atoms. The van der Waals surface area contributed by atoms with Crippen molar-refractivity contribution in [1.29, 1.82) is 0 Å². The van der Waals surface area contributed by atoms with E-state index < -0.39 is 0 Å². The minimum absolute atomic E-state index is 0.0572. The smallest absolute Gasteiger partial charge is 0.242 e. The summed E-state index contributed by atoms with van der Waals surface area (Å²) < 4.78 is 4.11. The zero-order valence-electron chi connectivity index (χ0n) is 8.50. The number of amides is 1. The SMILES string of the molecule is CCc1nsc(NC(C)C(=O)NC)n1. The highest BCUT2D eigenvalue weighted by Crippen LogP contribution is 2.12. The van der Waals surface area contributed by atoms with Gasteiger partial charge in [0.15, 0.2) is 0 Å². The first-order valence-electron chi connectivity index (χ1n) is 4.48. The molecule has 0 fully saturated rings. The van der Waals surface area contributed by atoms with Crippen LogP contribution in [-0.2, 0) is 11.2 Å². The molecule has 2 N–H and O–H groups in total. The van der Waals surface area contributed by atoms with Gasteiger partial charge in [0.1, 0.15) is 11.9 Å². The highest BCUT2D eigenvalue weighted by molar-refractivity contribution is 7.09. The first-order valence-corrected chi connectivity index (χ1v) is 5.25. The highest BCUT2D eigenvalue weighted by Gasteiger charge is 2.12. The number of aromatic nitrogens is 2. The number of likely N-dealkylation sites (N-methyl/N-ethyl adjacent to an activating group) is 1. The standard InChI is InChI=1S/C8H14N4OS/c1-4-6-11-8(14-12-6)10-5(2)7(13)9-3/h5H,4H2,1-3H3,(H,9,13)(H,10,11,12). The molecule has 0 spiro atoms. The molecular weight excluding hydrogens is 200 g/mol. The Kier molecular flexibility index (Phi) is 3.82. The van der Waals surface area contributed by atoms with Gasteiger partial charge in [-0.05, 0) is 6.92 Å². The summed E-state index contributed by atoms with van der Waals surface area (Å²) in [5, 5.41) is 6.23. The molecule has 1 amide bonds. The van der Waals surface area contributed by atoms with E-state index >= 15 is 0 Å². The molecule has 1 unspecified atom stereocenters. The van der Waals surface area contributed by atoms with Crippen molar-refractivity contribution in [3.63, 3.8) is 0 Å². The maximum absolute atomic E-state index is 11.2. The third-order valence-electron chi connectivity index (χ3n) is 1.76. The predicted octanol–water partition coefficient (Wildman–Crippen LogP) is 0.647. The van der Waals surface area contributed by atoms with Gasteiger partial charge in [0, 0.05) is 25.0 Å². The Morgan fingerprint density at radius 2 is 2.36 bits per heavy atom. The van der Waals surface area contributed by atoms with Crippen LogP contribution in [0.5, 0.6) is 0 Å². The van der Waals surface area contributed by atoms with Crippen LogP contribution in [0.2, 0.25) is 0 Å². The summed E-state index contributed by atoms with van der Waals surface area (Å²) in [5.41, 5.74) is 0. The summed E-state index contributed by atoms with van der Waals surface area (Å²) in [5.74, 6) is 0.750. The van der Waals surface area contributed by atoms with Gasteiger partial charge in [-0.2, -0.15) is 4.37 Å². The maximum Gasteiger partial charge on any atom is 0.242 e. The van der Waals surface area contributed by atoms with Crippen LogP contribution in [0.4, 0.5) is 5.13 Å². The number of hydrogen-bond donors (Lipinski definition) is 2. The number of rotatable bonds is 4. The van der Waals surface area contributed by atoms with Crippen molar-refractivity contribution in [3.8, 4) is 0 Å². The molecule has 0 aliphatic carbocycles. The molecule has 0 aromatic carbocycles. The van der Waals surface area contributed by atoms with Crippen molar-refractivity contribution < 1.29 is 4.79 Å². The summed E-state index contributed by atoms with van der Waals surface area (Å²) >= 11 is 1.28. The quantitative estimate of drug-likeness (QED) is 0.772. The number of carbonyl (C=O) groups is 1. The van der Waals surface area contributed by atoms with E-state index in [0.29, 0.717) is 5.13 Å². The summed E-state index contributed by atoms with van der Waals surface area (Å²) in [4.78, 5) is 15.4. The molecule has 5 nitrogen and oxygen atoms in total. The van der Waals surface area contributed by atoms with Crippen LogP contribution in [0.25, 0.3) is 0 Å². The zero-order valence-corrected chi connectivity index (χ0v) is 9.31. The van der Waals surface area contributed by atoms with E-state index in [1.54, 1.807) is 14.0 Å². The lowest BCUT2D eigenvalue weighted by molar-refractivity contribution is -0.121. The van der Waals surface area contributed by atoms with Gasteiger partial charge in [0.25, 0.3) is 0 Å². The second-order valence-corrected chi connectivity index (χ2v) is 3.60. The molecule has 0 aliphatic rings. The predicted molar refractivity (Wildman–Crippen MR) is 56.4 cm³/mol. The molecule has 0 radical (unpaired) electrons. The van der Waals surface area contributed by atoms with Gasteiger partial charge in [-0.1, -0.05) is 6.92 Å². The van der Waals surface area contributed by atoms with Crippen LogP contribution in [-0.4, -0.2) is 28.4 Å². The van der Waals surface area contributed by atoms with Crippen LogP contribution in [0.3, 0.4) is 0 Å². The third-order valence-corrected chi connectivity index (χ3v) is 2.45. The van der Waals surface area contributed by atoms with E-state index in [9.17, 15) is 4.79 Å². The molecule has 1 heterocycles. The van der Waals surface area contributed by atoms with Crippen molar-refractivity contribution in [2.24, 2.45) is 0 Å². The lowest BCUT2D eigenvalue weighted by atomic mass is 10.3. The molecule has 1 rings (SSSR count). The molecule has 1 atom stereocenters. The minimum Gasteiger partial charge on any atom is -0.357 e. The van der Waals surface area contributed by atoms with Crippen LogP contribution < -0.4 is 10.6 Å². The Bertz CT molecular complexity index is 312. The molecule has 0 aliphatic heterocycles. The fourth-order valence-corrected chi connectivity index (χ4v) is 1.66. The molecular formula is C8H14N4OS. The number of anilines is 1. The molecule has 6 heteroatoms. The van der Waals surface area contributed by atoms with Crippen molar-refractivity contribution in [2.75, 3.05) is 12.4 Å². The largest absolute Gasteiger partial charge is 0.357 e. The molecule has 78 valence electrons. The Balaban J connectivity index is 2.55. The average molecular weight is 214 g/mol. The van der Waals surface area contributed by atoms with Gasteiger partial charge >= 0.3 is 0 Å². The number of nitrogens with zero attached hydrogens (tertiary/aromatic N) is 2. The zero-order chi connectivity index (χ0) is 10.6. The van der Waals surface area contributed by atoms with E-state index in [1.165, 1.54) is 11.5 Å². The van der Waals surface area contributed by atoms with Crippen molar-refractivity contribution in [1.82, 2.24) is 14.7 Å². The minimum atomic E-state index is -0.280. The lowest BCUT2D eigenvalue weighted by Crippen LogP contribution is -2.35. The van der Waals surface area contributed by atoms with Crippen LogP contribution in [0.15, 0.2) is 0 Å². The monoisotopic (exact) mass is 214 g/mol. The fraction of sp³-hybridized carbons (Fsp3) is 0.625. The van der Waals surface area contributed by atoms with E-state index in [-0.39, 0.29) is 11.9 Å². The van der Waals surface area contributed by atoms with Crippen molar-refractivity contribution >= 4 is 22.6 Å². The van der Waals surface area contributed by atoms with Crippen LogP contribution in [0.1, 0.15) is 19.7 Å². The van der Waals surface area contributed by atoms with Gasteiger partial charge < -0.3 is 10.6 Å². The van der Waals surface area contributed by atoms with E-state index in [4.69, 9.17) is 0 Å². The number of hydrogen-bond acceptors (Lipinski definition) is 5. The molecule has 14 heavy (non-hydrogen) atoms. The van der Waals surface area contributed by atoms with Crippen LogP contribution >= 0.6 is 11.5 Å². The molecule has 0 saturated carbocycles. The van der Waals surface area contributed by atoms with Gasteiger partial charge in [0.2, 0.25) is 11.0 Å². The van der Waals surface area contributed by atoms with Gasteiger partial charge in [-0.15, -0.1) is 0 Å². The first kappa shape index (κ1) is 10.9. The lowest BCUT2D eigenvalue weighted by Gasteiger charge is -2.09. The second-order valence-electron chi connectivity index (χ2n) is 2.85. The number of carbonyl (C=O) groups excluding carboxylic acids is 1. The fourth-order valence-electron chi connectivity index (χ4n) is 0.923.